The fourth-order valence-corrected chi connectivity index (χ4v) is 1.67. The van der Waals surface area contributed by atoms with Crippen molar-refractivity contribution in [2.75, 3.05) is 6.61 Å². The van der Waals surface area contributed by atoms with E-state index in [0.717, 1.165) is 18.4 Å². The zero-order chi connectivity index (χ0) is 10.9. The van der Waals surface area contributed by atoms with Gasteiger partial charge in [-0.15, -0.1) is 0 Å². The molecular formula is C12H16O3. The highest BCUT2D eigenvalue weighted by molar-refractivity contribution is 5.45. The van der Waals surface area contributed by atoms with Crippen molar-refractivity contribution < 1.29 is 14.9 Å². The van der Waals surface area contributed by atoms with Gasteiger partial charge < -0.3 is 14.9 Å². The Morgan fingerprint density at radius 1 is 1.40 bits per heavy atom. The van der Waals surface area contributed by atoms with E-state index in [0.29, 0.717) is 18.8 Å². The van der Waals surface area contributed by atoms with Crippen LogP contribution < -0.4 is 4.74 Å². The van der Waals surface area contributed by atoms with Crippen LogP contribution in [0.2, 0.25) is 0 Å². The Kier molecular flexibility index (Phi) is 2.57. The molecule has 0 atom stereocenters. The lowest BCUT2D eigenvalue weighted by Crippen LogP contribution is -2.12. The van der Waals surface area contributed by atoms with Crippen molar-refractivity contribution in [1.29, 1.82) is 0 Å². The van der Waals surface area contributed by atoms with Gasteiger partial charge in [-0.25, -0.2) is 0 Å². The second-order valence-electron chi connectivity index (χ2n) is 4.09. The van der Waals surface area contributed by atoms with Gasteiger partial charge in [-0.2, -0.15) is 0 Å². The first kappa shape index (κ1) is 10.3. The molecular weight excluding hydrogens is 192 g/mol. The molecule has 1 aromatic carbocycles. The molecule has 2 N–H and O–H groups in total. The SMILES string of the molecule is CCOc1cccc(O)c1CC1(O)CC1. The van der Waals surface area contributed by atoms with E-state index in [1.54, 1.807) is 12.1 Å². The van der Waals surface area contributed by atoms with Crippen LogP contribution in [0.4, 0.5) is 0 Å². The number of hydrogen-bond acceptors (Lipinski definition) is 3. The molecule has 0 aromatic heterocycles. The van der Waals surface area contributed by atoms with Gasteiger partial charge in [0.1, 0.15) is 11.5 Å². The molecule has 0 heterocycles. The van der Waals surface area contributed by atoms with Gasteiger partial charge in [-0.3, -0.25) is 0 Å². The summed E-state index contributed by atoms with van der Waals surface area (Å²) in [6.07, 6.45) is 2.11. The number of aliphatic hydroxyl groups is 1. The summed E-state index contributed by atoms with van der Waals surface area (Å²) in [6.45, 7) is 2.47. The number of phenolic OH excluding ortho intramolecular Hbond substituents is 1. The van der Waals surface area contributed by atoms with Crippen molar-refractivity contribution >= 4 is 0 Å². The third-order valence-corrected chi connectivity index (χ3v) is 2.74. The maximum absolute atomic E-state index is 9.83. The Balaban J connectivity index is 2.25. The Hall–Kier alpha value is -1.22. The molecule has 1 aromatic rings. The van der Waals surface area contributed by atoms with Crippen LogP contribution in [0, 0.1) is 0 Å². The zero-order valence-corrected chi connectivity index (χ0v) is 8.86. The van der Waals surface area contributed by atoms with Gasteiger partial charge in [-0.05, 0) is 31.9 Å². The van der Waals surface area contributed by atoms with Crippen molar-refractivity contribution in [3.05, 3.63) is 23.8 Å². The van der Waals surface area contributed by atoms with Gasteiger partial charge in [0.25, 0.3) is 0 Å². The molecule has 1 fully saturated rings. The predicted octanol–water partition coefficient (Wildman–Crippen LogP) is 1.86. The van der Waals surface area contributed by atoms with E-state index in [1.807, 2.05) is 13.0 Å². The lowest BCUT2D eigenvalue weighted by atomic mass is 10.0. The fourth-order valence-electron chi connectivity index (χ4n) is 1.67. The molecule has 15 heavy (non-hydrogen) atoms. The minimum Gasteiger partial charge on any atom is -0.508 e. The summed E-state index contributed by atoms with van der Waals surface area (Å²) in [6, 6.07) is 5.20. The fraction of sp³-hybridized carbons (Fsp3) is 0.500. The first-order chi connectivity index (χ1) is 7.14. The van der Waals surface area contributed by atoms with E-state index in [1.165, 1.54) is 0 Å². The lowest BCUT2D eigenvalue weighted by molar-refractivity contribution is 0.148. The predicted molar refractivity (Wildman–Crippen MR) is 57.2 cm³/mol. The molecule has 1 aliphatic rings. The van der Waals surface area contributed by atoms with Gasteiger partial charge in [0.15, 0.2) is 0 Å². The number of rotatable bonds is 4. The molecule has 0 aliphatic heterocycles. The summed E-state index contributed by atoms with van der Waals surface area (Å²) in [5, 5.41) is 19.6. The molecule has 0 unspecified atom stereocenters. The number of benzene rings is 1. The maximum Gasteiger partial charge on any atom is 0.126 e. The molecule has 0 spiro atoms. The minimum absolute atomic E-state index is 0.210. The summed E-state index contributed by atoms with van der Waals surface area (Å²) in [4.78, 5) is 0. The standard InChI is InChI=1S/C12H16O3/c1-2-15-11-5-3-4-10(13)9(11)8-12(14)6-7-12/h3-5,13-14H,2,6-8H2,1H3. The quantitative estimate of drug-likeness (QED) is 0.794. The highest BCUT2D eigenvalue weighted by Gasteiger charge is 2.41. The van der Waals surface area contributed by atoms with Crippen molar-refractivity contribution in [1.82, 2.24) is 0 Å². The van der Waals surface area contributed by atoms with Crippen LogP contribution in [-0.2, 0) is 6.42 Å². The summed E-state index contributed by atoms with van der Waals surface area (Å²) in [5.74, 6) is 0.888. The van der Waals surface area contributed by atoms with Gasteiger partial charge >= 0.3 is 0 Å². The van der Waals surface area contributed by atoms with Crippen LogP contribution in [0.1, 0.15) is 25.3 Å². The van der Waals surface area contributed by atoms with Crippen LogP contribution in [0.3, 0.4) is 0 Å². The normalized spacial score (nSPS) is 17.5. The third-order valence-electron chi connectivity index (χ3n) is 2.74. The molecule has 1 aliphatic carbocycles. The molecule has 0 radical (unpaired) electrons. The van der Waals surface area contributed by atoms with Crippen LogP contribution in [0.25, 0.3) is 0 Å². The number of ether oxygens (including phenoxy) is 1. The number of aromatic hydroxyl groups is 1. The second kappa shape index (κ2) is 3.74. The number of hydrogen-bond donors (Lipinski definition) is 2. The summed E-state index contributed by atoms with van der Waals surface area (Å²) in [7, 11) is 0. The average Bonchev–Trinajstić information content (AvgIpc) is 2.91. The van der Waals surface area contributed by atoms with Gasteiger partial charge in [0.05, 0.1) is 12.2 Å². The maximum atomic E-state index is 9.83. The average molecular weight is 208 g/mol. The molecule has 0 saturated heterocycles. The first-order valence-corrected chi connectivity index (χ1v) is 5.31. The minimum atomic E-state index is -0.606. The van der Waals surface area contributed by atoms with Crippen molar-refractivity contribution in [3.63, 3.8) is 0 Å². The first-order valence-electron chi connectivity index (χ1n) is 5.31. The van der Waals surface area contributed by atoms with E-state index in [4.69, 9.17) is 4.74 Å². The summed E-state index contributed by atoms with van der Waals surface area (Å²) in [5.41, 5.74) is 0.115. The van der Waals surface area contributed by atoms with Crippen molar-refractivity contribution in [2.45, 2.75) is 31.8 Å². The van der Waals surface area contributed by atoms with Crippen LogP contribution in [0.15, 0.2) is 18.2 Å². The van der Waals surface area contributed by atoms with E-state index in [2.05, 4.69) is 0 Å². The van der Waals surface area contributed by atoms with Gasteiger partial charge in [-0.1, -0.05) is 6.07 Å². The van der Waals surface area contributed by atoms with E-state index in [9.17, 15) is 10.2 Å². The van der Waals surface area contributed by atoms with Crippen molar-refractivity contribution in [2.24, 2.45) is 0 Å². The van der Waals surface area contributed by atoms with E-state index >= 15 is 0 Å². The van der Waals surface area contributed by atoms with Crippen molar-refractivity contribution in [3.8, 4) is 11.5 Å². The Labute approximate surface area is 89.3 Å². The molecule has 82 valence electrons. The van der Waals surface area contributed by atoms with E-state index < -0.39 is 5.60 Å². The number of phenols is 1. The third kappa shape index (κ3) is 2.23. The molecule has 0 amide bonds. The zero-order valence-electron chi connectivity index (χ0n) is 8.86. The molecule has 3 nitrogen and oxygen atoms in total. The summed E-state index contributed by atoms with van der Waals surface area (Å²) < 4.78 is 5.42. The molecule has 0 bridgehead atoms. The summed E-state index contributed by atoms with van der Waals surface area (Å²) >= 11 is 0. The van der Waals surface area contributed by atoms with Crippen LogP contribution >= 0.6 is 0 Å². The highest BCUT2D eigenvalue weighted by Crippen LogP contribution is 2.42. The Bertz CT molecular complexity index is 356. The smallest absolute Gasteiger partial charge is 0.126 e. The largest absolute Gasteiger partial charge is 0.508 e. The molecule has 1 saturated carbocycles. The van der Waals surface area contributed by atoms with Gasteiger partial charge in [0.2, 0.25) is 0 Å². The second-order valence-corrected chi connectivity index (χ2v) is 4.09. The topological polar surface area (TPSA) is 49.7 Å². The Morgan fingerprint density at radius 2 is 2.13 bits per heavy atom. The van der Waals surface area contributed by atoms with E-state index in [-0.39, 0.29) is 5.75 Å². The highest BCUT2D eigenvalue weighted by atomic mass is 16.5. The lowest BCUT2D eigenvalue weighted by Gasteiger charge is -2.14. The Morgan fingerprint density at radius 3 is 2.73 bits per heavy atom. The van der Waals surface area contributed by atoms with Crippen LogP contribution in [-0.4, -0.2) is 22.4 Å². The monoisotopic (exact) mass is 208 g/mol. The molecule has 2 rings (SSSR count). The molecule has 3 heteroatoms. The van der Waals surface area contributed by atoms with Crippen LogP contribution in [0.5, 0.6) is 11.5 Å². The van der Waals surface area contributed by atoms with Gasteiger partial charge in [0, 0.05) is 12.0 Å².